The fourth-order valence-electron chi connectivity index (χ4n) is 1.83. The molecule has 0 aliphatic heterocycles. The molecule has 0 radical (unpaired) electrons. The maximum absolute atomic E-state index is 8.74. The van der Waals surface area contributed by atoms with Gasteiger partial charge in [0.05, 0.1) is 20.3 Å². The predicted molar refractivity (Wildman–Crippen MR) is 78.2 cm³/mol. The predicted octanol–water partition coefficient (Wildman–Crippen LogP) is 1.90. The molecule has 1 aromatic carbocycles. The lowest BCUT2D eigenvalue weighted by molar-refractivity contribution is 0.107. The third-order valence-electron chi connectivity index (χ3n) is 2.93. The number of pyridine rings is 1. The van der Waals surface area contributed by atoms with Gasteiger partial charge < -0.3 is 20.4 Å². The molecule has 21 heavy (non-hydrogen) atoms. The zero-order valence-corrected chi connectivity index (χ0v) is 11.7. The summed E-state index contributed by atoms with van der Waals surface area (Å²) in [5.74, 6) is 0.777. The first-order valence-corrected chi connectivity index (χ1v) is 6.37. The molecule has 0 aliphatic carbocycles. The van der Waals surface area contributed by atoms with Crippen molar-refractivity contribution < 1.29 is 14.7 Å². The van der Waals surface area contributed by atoms with Gasteiger partial charge in [-0.25, -0.2) is 0 Å². The molecular weight excluding hydrogens is 270 g/mol. The van der Waals surface area contributed by atoms with E-state index in [1.165, 1.54) is 0 Å². The molecule has 0 bridgehead atoms. The van der Waals surface area contributed by atoms with Crippen LogP contribution in [-0.2, 0) is 18.0 Å². The first kappa shape index (κ1) is 14.8. The van der Waals surface area contributed by atoms with Crippen molar-refractivity contribution in [1.82, 2.24) is 4.98 Å². The van der Waals surface area contributed by atoms with E-state index in [4.69, 9.17) is 20.4 Å². The summed E-state index contributed by atoms with van der Waals surface area (Å²) in [5, 5.41) is 11.7. The number of aromatic nitrogens is 1. The topological polar surface area (TPSA) is 90.0 Å². The van der Waals surface area contributed by atoms with Crippen LogP contribution in [0.4, 0.5) is 0 Å². The maximum Gasteiger partial charge on any atom is 0.189 e. The molecule has 0 unspecified atom stereocenters. The summed E-state index contributed by atoms with van der Waals surface area (Å²) >= 11 is 0. The lowest BCUT2D eigenvalue weighted by atomic mass is 10.2. The molecule has 0 amide bonds. The van der Waals surface area contributed by atoms with E-state index in [1.54, 1.807) is 19.4 Å². The molecule has 1 heterocycles. The van der Waals surface area contributed by atoms with Gasteiger partial charge in [0.1, 0.15) is 11.4 Å². The van der Waals surface area contributed by atoms with Gasteiger partial charge in [-0.15, -0.1) is 0 Å². The number of hydrogen-bond donors (Lipinski definition) is 2. The molecule has 110 valence electrons. The standard InChI is InChI=1S/C15H17N3O3/c1-20-13-6-4-11(5-7-13)9-21-10-12-3-2-8-17-14(12)15(16)18-19/h2-8,19H,9-10H2,1H3,(H2,16,18). The van der Waals surface area contributed by atoms with Crippen molar-refractivity contribution in [3.8, 4) is 5.75 Å². The number of nitrogens with two attached hydrogens (primary N) is 1. The van der Waals surface area contributed by atoms with Gasteiger partial charge in [0.25, 0.3) is 0 Å². The summed E-state index contributed by atoms with van der Waals surface area (Å²) in [6.45, 7) is 0.778. The van der Waals surface area contributed by atoms with Crippen LogP contribution < -0.4 is 10.5 Å². The number of ether oxygens (including phenoxy) is 2. The zero-order valence-electron chi connectivity index (χ0n) is 11.7. The van der Waals surface area contributed by atoms with E-state index in [0.29, 0.717) is 18.9 Å². The van der Waals surface area contributed by atoms with Gasteiger partial charge in [0.15, 0.2) is 5.84 Å². The van der Waals surface area contributed by atoms with Gasteiger partial charge in [-0.3, -0.25) is 4.98 Å². The van der Waals surface area contributed by atoms with Crippen LogP contribution in [0, 0.1) is 0 Å². The van der Waals surface area contributed by atoms with Gasteiger partial charge in [0, 0.05) is 11.8 Å². The number of hydrogen-bond acceptors (Lipinski definition) is 5. The minimum absolute atomic E-state index is 0.0290. The Morgan fingerprint density at radius 2 is 2.00 bits per heavy atom. The summed E-state index contributed by atoms with van der Waals surface area (Å²) in [4.78, 5) is 4.09. The Kier molecular flexibility index (Phi) is 5.11. The second kappa shape index (κ2) is 7.25. The Balaban J connectivity index is 1.97. The van der Waals surface area contributed by atoms with E-state index in [0.717, 1.165) is 16.9 Å². The second-order valence-corrected chi connectivity index (χ2v) is 4.34. The Morgan fingerprint density at radius 3 is 2.67 bits per heavy atom. The van der Waals surface area contributed by atoms with E-state index < -0.39 is 0 Å². The van der Waals surface area contributed by atoms with Crippen molar-refractivity contribution in [3.63, 3.8) is 0 Å². The minimum Gasteiger partial charge on any atom is -0.497 e. The highest BCUT2D eigenvalue weighted by Crippen LogP contribution is 2.13. The summed E-state index contributed by atoms with van der Waals surface area (Å²) in [6, 6.07) is 11.2. The van der Waals surface area contributed by atoms with Gasteiger partial charge in [-0.2, -0.15) is 0 Å². The molecule has 6 heteroatoms. The lowest BCUT2D eigenvalue weighted by Crippen LogP contribution is -2.17. The van der Waals surface area contributed by atoms with E-state index >= 15 is 0 Å². The fourth-order valence-corrected chi connectivity index (χ4v) is 1.83. The summed E-state index contributed by atoms with van der Waals surface area (Å²) in [5.41, 5.74) is 7.80. The summed E-state index contributed by atoms with van der Waals surface area (Å²) in [7, 11) is 1.63. The van der Waals surface area contributed by atoms with Crippen molar-refractivity contribution in [1.29, 1.82) is 0 Å². The molecule has 6 nitrogen and oxygen atoms in total. The van der Waals surface area contributed by atoms with Gasteiger partial charge in [0.2, 0.25) is 0 Å². The number of rotatable bonds is 6. The van der Waals surface area contributed by atoms with Crippen molar-refractivity contribution in [3.05, 3.63) is 59.4 Å². The average molecular weight is 287 g/mol. The van der Waals surface area contributed by atoms with Crippen LogP contribution in [0.2, 0.25) is 0 Å². The number of oxime groups is 1. The normalized spacial score (nSPS) is 11.4. The summed E-state index contributed by atoms with van der Waals surface area (Å²) < 4.78 is 10.7. The molecule has 2 rings (SSSR count). The first-order valence-electron chi connectivity index (χ1n) is 6.37. The molecule has 0 fully saturated rings. The van der Waals surface area contributed by atoms with Gasteiger partial charge >= 0.3 is 0 Å². The molecule has 2 aromatic rings. The van der Waals surface area contributed by atoms with Crippen LogP contribution in [0.1, 0.15) is 16.8 Å². The van der Waals surface area contributed by atoms with Crippen LogP contribution in [0.5, 0.6) is 5.75 Å². The van der Waals surface area contributed by atoms with Crippen molar-refractivity contribution >= 4 is 5.84 Å². The van der Waals surface area contributed by atoms with Crippen molar-refractivity contribution in [2.24, 2.45) is 10.9 Å². The van der Waals surface area contributed by atoms with Gasteiger partial charge in [-0.05, 0) is 23.8 Å². The molecule has 0 atom stereocenters. The monoisotopic (exact) mass is 287 g/mol. The molecule has 0 saturated carbocycles. The molecule has 0 spiro atoms. The quantitative estimate of drug-likeness (QED) is 0.366. The van der Waals surface area contributed by atoms with Crippen LogP contribution in [0.25, 0.3) is 0 Å². The summed E-state index contributed by atoms with van der Waals surface area (Å²) in [6.07, 6.45) is 1.58. The molecule has 0 saturated heterocycles. The fraction of sp³-hybridized carbons (Fsp3) is 0.200. The SMILES string of the molecule is COc1ccc(COCc2cccnc2C(N)=NO)cc1. The van der Waals surface area contributed by atoms with Crippen LogP contribution in [0.3, 0.4) is 0 Å². The van der Waals surface area contributed by atoms with Gasteiger partial charge in [-0.1, -0.05) is 23.4 Å². The van der Waals surface area contributed by atoms with E-state index in [9.17, 15) is 0 Å². The first-order chi connectivity index (χ1) is 10.2. The molecule has 1 aromatic heterocycles. The molecule has 0 aliphatic rings. The maximum atomic E-state index is 8.74. The van der Waals surface area contributed by atoms with Crippen LogP contribution >= 0.6 is 0 Å². The Labute approximate surface area is 122 Å². The van der Waals surface area contributed by atoms with E-state index in [2.05, 4.69) is 10.1 Å². The smallest absolute Gasteiger partial charge is 0.189 e. The van der Waals surface area contributed by atoms with Crippen molar-refractivity contribution in [2.75, 3.05) is 7.11 Å². The molecular formula is C15H17N3O3. The van der Waals surface area contributed by atoms with Crippen LogP contribution in [0.15, 0.2) is 47.8 Å². The minimum atomic E-state index is -0.0290. The third-order valence-corrected chi connectivity index (χ3v) is 2.93. The second-order valence-electron chi connectivity index (χ2n) is 4.34. The number of methoxy groups -OCH3 is 1. The highest BCUT2D eigenvalue weighted by molar-refractivity contribution is 5.96. The highest BCUT2D eigenvalue weighted by Gasteiger charge is 2.08. The zero-order chi connectivity index (χ0) is 15.1. The number of amidine groups is 1. The molecule has 3 N–H and O–H groups in total. The van der Waals surface area contributed by atoms with E-state index in [-0.39, 0.29) is 5.84 Å². The Bertz CT molecular complexity index is 612. The lowest BCUT2D eigenvalue weighted by Gasteiger charge is -2.08. The number of nitrogens with zero attached hydrogens (tertiary/aromatic N) is 2. The highest BCUT2D eigenvalue weighted by atomic mass is 16.5. The Hall–Kier alpha value is -2.60. The largest absolute Gasteiger partial charge is 0.497 e. The van der Waals surface area contributed by atoms with Crippen molar-refractivity contribution in [2.45, 2.75) is 13.2 Å². The average Bonchev–Trinajstić information content (AvgIpc) is 2.55. The van der Waals surface area contributed by atoms with E-state index in [1.807, 2.05) is 30.3 Å². The third kappa shape index (κ3) is 3.93. The Morgan fingerprint density at radius 1 is 1.24 bits per heavy atom. The van der Waals surface area contributed by atoms with Crippen LogP contribution in [-0.4, -0.2) is 23.1 Å². The number of benzene rings is 1.